The first kappa shape index (κ1) is 26.2. The summed E-state index contributed by atoms with van der Waals surface area (Å²) in [6, 6.07) is 16.1. The van der Waals surface area contributed by atoms with Gasteiger partial charge in [-0.3, -0.25) is 14.4 Å². The molecule has 7 nitrogen and oxygen atoms in total. The highest BCUT2D eigenvalue weighted by molar-refractivity contribution is 8.02. The van der Waals surface area contributed by atoms with Gasteiger partial charge in [0.15, 0.2) is 0 Å². The van der Waals surface area contributed by atoms with Crippen molar-refractivity contribution >= 4 is 46.8 Å². The summed E-state index contributed by atoms with van der Waals surface area (Å²) in [5.41, 5.74) is 1.58. The summed E-state index contributed by atoms with van der Waals surface area (Å²) in [4.78, 5) is 47.7. The van der Waals surface area contributed by atoms with Crippen molar-refractivity contribution in [1.82, 2.24) is 9.80 Å². The molecular weight excluding hydrogens is 534 g/mol. The Morgan fingerprint density at radius 3 is 2.38 bits per heavy atom. The normalized spacial score (nSPS) is 31.7. The van der Waals surface area contributed by atoms with Crippen LogP contribution in [0.25, 0.3) is 0 Å². The van der Waals surface area contributed by atoms with Gasteiger partial charge in [0.1, 0.15) is 6.04 Å². The molecule has 39 heavy (non-hydrogen) atoms. The summed E-state index contributed by atoms with van der Waals surface area (Å²) in [7, 11) is 0. The molecule has 2 aromatic rings. The van der Waals surface area contributed by atoms with Crippen molar-refractivity contribution in [2.24, 2.45) is 11.8 Å². The lowest BCUT2D eigenvalue weighted by molar-refractivity contribution is -0.144. The number of aliphatic hydroxyl groups is 1. The smallest absolute Gasteiger partial charge is 0.251 e. The van der Waals surface area contributed by atoms with Crippen molar-refractivity contribution < 1.29 is 19.5 Å². The average molecular weight is 564 g/mol. The number of hydrogen-bond donors (Lipinski definition) is 1. The number of aliphatic hydroxyl groups excluding tert-OH is 1. The molecule has 1 unspecified atom stereocenters. The number of fused-ring (bicyclic) bond motifs is 2. The number of carbonyl (C=O) groups is 3. The van der Waals surface area contributed by atoms with Gasteiger partial charge in [0.25, 0.3) is 5.91 Å². The second-order valence-corrected chi connectivity index (χ2v) is 12.9. The summed E-state index contributed by atoms with van der Waals surface area (Å²) in [5.74, 6) is -2.02. The van der Waals surface area contributed by atoms with Crippen molar-refractivity contribution in [2.45, 2.75) is 29.0 Å². The van der Waals surface area contributed by atoms with E-state index in [2.05, 4.69) is 0 Å². The van der Waals surface area contributed by atoms with Crippen molar-refractivity contribution in [3.63, 3.8) is 0 Å². The van der Waals surface area contributed by atoms with Crippen molar-refractivity contribution in [1.29, 1.82) is 0 Å². The fraction of sp³-hybridized carbons (Fsp3) is 0.367. The number of β-amino-alcohol motifs (C(OH)–C–C–N with tert-alkyl or cyclic N) is 1. The van der Waals surface area contributed by atoms with E-state index in [1.54, 1.807) is 28.0 Å². The quantitative estimate of drug-likeness (QED) is 0.563. The van der Waals surface area contributed by atoms with E-state index in [-0.39, 0.29) is 30.9 Å². The van der Waals surface area contributed by atoms with Crippen LogP contribution >= 0.6 is 23.4 Å². The molecule has 9 heteroatoms. The Morgan fingerprint density at radius 1 is 0.923 bits per heavy atom. The number of amides is 3. The van der Waals surface area contributed by atoms with Crippen LogP contribution in [0.1, 0.15) is 12.5 Å². The maximum atomic E-state index is 14.3. The minimum Gasteiger partial charge on any atom is -0.395 e. The van der Waals surface area contributed by atoms with Crippen LogP contribution in [0, 0.1) is 11.8 Å². The highest BCUT2D eigenvalue weighted by Gasteiger charge is 2.73. The third-order valence-electron chi connectivity index (χ3n) is 8.34. The van der Waals surface area contributed by atoms with Gasteiger partial charge in [-0.1, -0.05) is 78.4 Å². The van der Waals surface area contributed by atoms with E-state index in [0.29, 0.717) is 30.3 Å². The first-order valence-electron chi connectivity index (χ1n) is 13.2. The summed E-state index contributed by atoms with van der Waals surface area (Å²) in [5, 5.41) is 10.4. The summed E-state index contributed by atoms with van der Waals surface area (Å²) < 4.78 is -1.65. The zero-order valence-corrected chi connectivity index (χ0v) is 23.1. The van der Waals surface area contributed by atoms with Crippen molar-refractivity contribution in [2.75, 3.05) is 31.1 Å². The van der Waals surface area contributed by atoms with E-state index in [9.17, 15) is 19.5 Å². The summed E-state index contributed by atoms with van der Waals surface area (Å²) >= 11 is 8.02. The van der Waals surface area contributed by atoms with E-state index in [4.69, 9.17) is 11.6 Å². The molecule has 5 atom stereocenters. The molecule has 3 amide bonds. The topological polar surface area (TPSA) is 81.2 Å². The Labute approximate surface area is 237 Å². The summed E-state index contributed by atoms with van der Waals surface area (Å²) in [6.45, 7) is 2.92. The predicted molar refractivity (Wildman–Crippen MR) is 152 cm³/mol. The van der Waals surface area contributed by atoms with Gasteiger partial charge in [0.2, 0.25) is 11.8 Å². The van der Waals surface area contributed by atoms with Crippen molar-refractivity contribution in [3.8, 4) is 0 Å². The highest BCUT2D eigenvalue weighted by atomic mass is 35.5. The Bertz CT molecular complexity index is 1380. The minimum atomic E-state index is -0.964. The second-order valence-electron chi connectivity index (χ2n) is 10.7. The molecule has 1 spiro atoms. The van der Waals surface area contributed by atoms with Crippen LogP contribution in [-0.4, -0.2) is 74.4 Å². The minimum absolute atomic E-state index is 0.0133. The first-order chi connectivity index (χ1) is 18.8. The number of para-hydroxylation sites is 1. The molecule has 0 aromatic heterocycles. The molecule has 4 aliphatic rings. The number of benzene rings is 2. The number of likely N-dealkylation sites (tertiary alicyclic amines) is 1. The fourth-order valence-corrected chi connectivity index (χ4v) is 9.15. The number of carbonyl (C=O) groups excluding carboxylic acids is 3. The molecule has 4 aliphatic heterocycles. The molecular formula is C30H30ClN3O4S. The third kappa shape index (κ3) is 4.03. The van der Waals surface area contributed by atoms with Crippen LogP contribution in [0.5, 0.6) is 0 Å². The molecule has 6 rings (SSSR count). The van der Waals surface area contributed by atoms with Gasteiger partial charge in [-0.25, -0.2) is 0 Å². The maximum absolute atomic E-state index is 14.3. The number of halogens is 1. The van der Waals surface area contributed by atoms with E-state index in [0.717, 1.165) is 5.56 Å². The van der Waals surface area contributed by atoms with E-state index >= 15 is 0 Å². The maximum Gasteiger partial charge on any atom is 0.251 e. The highest BCUT2D eigenvalue weighted by Crippen LogP contribution is 2.65. The van der Waals surface area contributed by atoms with E-state index in [1.165, 1.54) is 16.7 Å². The van der Waals surface area contributed by atoms with Gasteiger partial charge in [0, 0.05) is 30.9 Å². The van der Waals surface area contributed by atoms with Gasteiger partial charge >= 0.3 is 0 Å². The molecule has 0 aliphatic carbocycles. The Hall–Kier alpha value is -3.07. The largest absolute Gasteiger partial charge is 0.395 e. The molecule has 4 heterocycles. The fourth-order valence-electron chi connectivity index (χ4n) is 6.75. The zero-order valence-electron chi connectivity index (χ0n) is 21.6. The van der Waals surface area contributed by atoms with Gasteiger partial charge in [-0.05, 0) is 24.6 Å². The third-order valence-corrected chi connectivity index (χ3v) is 10.5. The standard InChI is InChI=1S/C30H30ClN3O4S/c1-29-13-7-15-32(19-20-9-3-2-4-10-20)26(36)23(29)24-27(37)34(17-18-35)25-28(38)33(16-8-14-30(24,25)39-29)22-12-6-5-11-21(22)31/h2-14,23-25,35H,15-19H2,1H3/t23-,24-,25?,29+,30-/m0/s1. The molecule has 1 N–H and O–H groups in total. The molecule has 0 bridgehead atoms. The number of nitrogens with zero attached hydrogens (tertiary/aromatic N) is 3. The molecule has 0 radical (unpaired) electrons. The monoisotopic (exact) mass is 563 g/mol. The zero-order chi connectivity index (χ0) is 27.4. The van der Waals surface area contributed by atoms with Gasteiger partial charge in [0.05, 0.1) is 33.9 Å². The van der Waals surface area contributed by atoms with Gasteiger partial charge in [-0.15, -0.1) is 11.8 Å². The Balaban J connectivity index is 1.43. The Morgan fingerprint density at radius 2 is 1.64 bits per heavy atom. The number of rotatable bonds is 5. The van der Waals surface area contributed by atoms with Crippen LogP contribution in [0.3, 0.4) is 0 Å². The lowest BCUT2D eigenvalue weighted by Crippen LogP contribution is -2.54. The van der Waals surface area contributed by atoms with E-state index in [1.807, 2.05) is 67.6 Å². The lowest BCUT2D eigenvalue weighted by atomic mass is 9.74. The second kappa shape index (κ2) is 9.84. The number of hydrogen-bond acceptors (Lipinski definition) is 5. The molecule has 2 fully saturated rings. The predicted octanol–water partition coefficient (Wildman–Crippen LogP) is 3.52. The SMILES string of the molecule is C[C@@]12C=CCN(Cc3ccccc3)C(=O)[C@@H]1[C@H]1C(=O)N(CCO)C3C(=O)N(c4ccccc4Cl)CC=C[C@@]31S2. The molecule has 2 aromatic carbocycles. The van der Waals surface area contributed by atoms with Gasteiger partial charge in [-0.2, -0.15) is 0 Å². The number of anilines is 1. The van der Waals surface area contributed by atoms with Crippen LogP contribution < -0.4 is 4.90 Å². The van der Waals surface area contributed by atoms with Crippen LogP contribution in [0.4, 0.5) is 5.69 Å². The van der Waals surface area contributed by atoms with Crippen LogP contribution in [-0.2, 0) is 20.9 Å². The Kier molecular flexibility index (Phi) is 6.60. The van der Waals surface area contributed by atoms with Gasteiger partial charge < -0.3 is 19.8 Å². The first-order valence-corrected chi connectivity index (χ1v) is 14.4. The molecule has 0 saturated carbocycles. The average Bonchev–Trinajstić information content (AvgIpc) is 3.18. The molecule has 2 saturated heterocycles. The lowest BCUT2D eigenvalue weighted by Gasteiger charge is -2.36. The van der Waals surface area contributed by atoms with E-state index < -0.39 is 27.4 Å². The molecule has 202 valence electrons. The van der Waals surface area contributed by atoms with Crippen LogP contribution in [0.2, 0.25) is 5.02 Å². The summed E-state index contributed by atoms with van der Waals surface area (Å²) in [6.07, 6.45) is 7.95. The van der Waals surface area contributed by atoms with Crippen LogP contribution in [0.15, 0.2) is 78.9 Å². The number of thioether (sulfide) groups is 1. The van der Waals surface area contributed by atoms with Crippen molar-refractivity contribution in [3.05, 3.63) is 89.5 Å².